The van der Waals surface area contributed by atoms with Crippen molar-refractivity contribution in [3.8, 4) is 0 Å². The highest BCUT2D eigenvalue weighted by molar-refractivity contribution is 6.22. The minimum atomic E-state index is -0.0223. The predicted molar refractivity (Wildman–Crippen MR) is 118 cm³/mol. The first-order chi connectivity index (χ1) is 14.2. The summed E-state index contributed by atoms with van der Waals surface area (Å²) in [6, 6.07) is 0. The average molecular weight is 400 g/mol. The summed E-state index contributed by atoms with van der Waals surface area (Å²) >= 11 is 0. The molecule has 0 aromatic rings. The molecule has 160 valence electrons. The van der Waals surface area contributed by atoms with E-state index < -0.39 is 0 Å². The normalized spacial score (nSPS) is 26.2. The SMILES string of the molecule is C=CCONC(CCC)=C1C(=O)CC(C2CC/C=C\CC/C=C\CCC2)CC1=O. The lowest BCUT2D eigenvalue weighted by molar-refractivity contribution is -0.126. The Hall–Kier alpha value is -1.94. The number of rotatable bonds is 7. The van der Waals surface area contributed by atoms with Gasteiger partial charge in [0.25, 0.3) is 0 Å². The predicted octanol–water partition coefficient (Wildman–Crippen LogP) is 5.77. The molecule has 0 aromatic carbocycles. The monoisotopic (exact) mass is 399 g/mol. The Morgan fingerprint density at radius 1 is 1.03 bits per heavy atom. The molecule has 0 spiro atoms. The van der Waals surface area contributed by atoms with E-state index in [1.165, 1.54) is 0 Å². The zero-order chi connectivity index (χ0) is 20.9. The third-order valence-corrected chi connectivity index (χ3v) is 5.80. The van der Waals surface area contributed by atoms with Crippen LogP contribution in [0.15, 0.2) is 48.2 Å². The molecule has 1 saturated carbocycles. The van der Waals surface area contributed by atoms with Crippen LogP contribution in [-0.4, -0.2) is 18.2 Å². The summed E-state index contributed by atoms with van der Waals surface area (Å²) in [6.45, 7) is 5.98. The molecule has 0 saturated heterocycles. The smallest absolute Gasteiger partial charge is 0.168 e. The number of Topliss-reactive ketones (excluding diaryl/α,β-unsaturated/α-hetero) is 2. The molecule has 2 aliphatic carbocycles. The van der Waals surface area contributed by atoms with Gasteiger partial charge in [0.15, 0.2) is 11.6 Å². The molecule has 1 unspecified atom stereocenters. The van der Waals surface area contributed by atoms with Crippen molar-refractivity contribution in [1.82, 2.24) is 5.48 Å². The molecule has 1 atom stereocenters. The van der Waals surface area contributed by atoms with Crippen molar-refractivity contribution in [1.29, 1.82) is 0 Å². The third kappa shape index (κ3) is 7.77. The highest BCUT2D eigenvalue weighted by Gasteiger charge is 2.36. The zero-order valence-corrected chi connectivity index (χ0v) is 18.0. The minimum absolute atomic E-state index is 0.0223. The molecule has 1 N–H and O–H groups in total. The van der Waals surface area contributed by atoms with Gasteiger partial charge in [0.2, 0.25) is 0 Å². The Balaban J connectivity index is 2.09. The number of carbonyl (C=O) groups is 2. The van der Waals surface area contributed by atoms with Crippen LogP contribution in [0.3, 0.4) is 0 Å². The lowest BCUT2D eigenvalue weighted by Gasteiger charge is -2.31. The van der Waals surface area contributed by atoms with Crippen LogP contribution >= 0.6 is 0 Å². The van der Waals surface area contributed by atoms with E-state index in [-0.39, 0.29) is 17.5 Å². The second-order valence-corrected chi connectivity index (χ2v) is 8.11. The van der Waals surface area contributed by atoms with E-state index in [2.05, 4.69) is 36.4 Å². The van der Waals surface area contributed by atoms with Gasteiger partial charge in [-0.3, -0.25) is 19.9 Å². The average Bonchev–Trinajstić information content (AvgIpc) is 2.68. The molecule has 0 aromatic heterocycles. The summed E-state index contributed by atoms with van der Waals surface area (Å²) in [4.78, 5) is 31.3. The first-order valence-corrected chi connectivity index (χ1v) is 11.3. The van der Waals surface area contributed by atoms with Crippen LogP contribution in [0.5, 0.6) is 0 Å². The first kappa shape index (κ1) is 23.3. The molecular weight excluding hydrogens is 362 g/mol. The topological polar surface area (TPSA) is 55.4 Å². The molecule has 0 heterocycles. The van der Waals surface area contributed by atoms with Gasteiger partial charge < -0.3 is 0 Å². The fourth-order valence-electron chi connectivity index (χ4n) is 4.33. The molecule has 1 fully saturated rings. The van der Waals surface area contributed by atoms with Crippen LogP contribution < -0.4 is 5.48 Å². The van der Waals surface area contributed by atoms with Gasteiger partial charge in [0.05, 0.1) is 17.9 Å². The number of hydrogen-bond acceptors (Lipinski definition) is 4. The van der Waals surface area contributed by atoms with Crippen LogP contribution in [0.4, 0.5) is 0 Å². The van der Waals surface area contributed by atoms with Crippen molar-refractivity contribution in [2.24, 2.45) is 11.8 Å². The van der Waals surface area contributed by atoms with Gasteiger partial charge >= 0.3 is 0 Å². The number of allylic oxidation sites excluding steroid dienone is 6. The standard InChI is InChI=1S/C25H37NO3/c1-3-14-22(26-29-17-4-2)25-23(27)18-21(19-24(25)28)20-15-12-10-8-6-5-7-9-11-13-16-20/h4,6,8-9,11,20-21,26H,2-3,5,7,10,12-19H2,1H3/b8-6-,11-9-,25-22?. The van der Waals surface area contributed by atoms with E-state index in [4.69, 9.17) is 4.84 Å². The Morgan fingerprint density at radius 3 is 2.34 bits per heavy atom. The maximum Gasteiger partial charge on any atom is 0.168 e. The lowest BCUT2D eigenvalue weighted by Crippen LogP contribution is -2.33. The number of hydrogen-bond donors (Lipinski definition) is 1. The first-order valence-electron chi connectivity index (χ1n) is 11.3. The molecule has 4 heteroatoms. The third-order valence-electron chi connectivity index (χ3n) is 5.80. The van der Waals surface area contributed by atoms with Gasteiger partial charge in [0, 0.05) is 12.8 Å². The van der Waals surface area contributed by atoms with E-state index in [9.17, 15) is 9.59 Å². The van der Waals surface area contributed by atoms with Crippen molar-refractivity contribution < 1.29 is 14.4 Å². The maximum atomic E-state index is 13.0. The van der Waals surface area contributed by atoms with Crippen molar-refractivity contribution in [2.45, 2.75) is 77.6 Å². The summed E-state index contributed by atoms with van der Waals surface area (Å²) in [5.41, 5.74) is 3.81. The fraction of sp³-hybridized carbons (Fsp3) is 0.600. The quantitative estimate of drug-likeness (QED) is 0.194. The number of carbonyl (C=O) groups excluding carboxylic acids is 2. The van der Waals surface area contributed by atoms with E-state index in [1.54, 1.807) is 6.08 Å². The van der Waals surface area contributed by atoms with Crippen molar-refractivity contribution in [3.05, 3.63) is 48.2 Å². The van der Waals surface area contributed by atoms with Gasteiger partial charge in [-0.1, -0.05) is 43.7 Å². The van der Waals surface area contributed by atoms with Crippen molar-refractivity contribution in [2.75, 3.05) is 6.61 Å². The van der Waals surface area contributed by atoms with Gasteiger partial charge in [0.1, 0.15) is 0 Å². The van der Waals surface area contributed by atoms with E-state index in [0.717, 1.165) is 51.4 Å². The lowest BCUT2D eigenvalue weighted by atomic mass is 9.73. The molecule has 0 aliphatic heterocycles. The van der Waals surface area contributed by atoms with Crippen LogP contribution in [0.25, 0.3) is 0 Å². The van der Waals surface area contributed by atoms with Crippen molar-refractivity contribution in [3.63, 3.8) is 0 Å². The molecule has 4 nitrogen and oxygen atoms in total. The van der Waals surface area contributed by atoms with Crippen LogP contribution in [0.1, 0.15) is 77.6 Å². The Labute approximate surface area is 176 Å². The molecule has 0 amide bonds. The van der Waals surface area contributed by atoms with E-state index >= 15 is 0 Å². The highest BCUT2D eigenvalue weighted by Crippen LogP contribution is 2.35. The Kier molecular flexibility index (Phi) is 10.7. The molecule has 29 heavy (non-hydrogen) atoms. The number of nitrogens with one attached hydrogen (secondary N) is 1. The van der Waals surface area contributed by atoms with Gasteiger partial charge in [-0.15, -0.1) is 6.58 Å². The van der Waals surface area contributed by atoms with Gasteiger partial charge in [-0.25, -0.2) is 0 Å². The van der Waals surface area contributed by atoms with E-state index in [0.29, 0.717) is 43.1 Å². The summed E-state index contributed by atoms with van der Waals surface area (Å²) in [7, 11) is 0. The summed E-state index contributed by atoms with van der Waals surface area (Å²) in [5, 5.41) is 0. The number of hydroxylamine groups is 1. The van der Waals surface area contributed by atoms with Crippen LogP contribution in [0, 0.1) is 11.8 Å². The second-order valence-electron chi connectivity index (χ2n) is 8.11. The minimum Gasteiger partial charge on any atom is -0.294 e. The molecular formula is C25H37NO3. The van der Waals surface area contributed by atoms with E-state index in [1.807, 2.05) is 6.92 Å². The molecule has 2 aliphatic rings. The highest BCUT2D eigenvalue weighted by atomic mass is 16.6. The molecule has 0 bridgehead atoms. The zero-order valence-electron chi connectivity index (χ0n) is 18.0. The summed E-state index contributed by atoms with van der Waals surface area (Å²) < 4.78 is 0. The fourth-order valence-corrected chi connectivity index (χ4v) is 4.33. The maximum absolute atomic E-state index is 13.0. The van der Waals surface area contributed by atoms with Crippen molar-refractivity contribution >= 4 is 11.6 Å². The Morgan fingerprint density at radius 2 is 1.69 bits per heavy atom. The molecule has 2 rings (SSSR count). The van der Waals surface area contributed by atoms with Gasteiger partial charge in [-0.05, 0) is 63.2 Å². The largest absolute Gasteiger partial charge is 0.294 e. The van der Waals surface area contributed by atoms with Gasteiger partial charge in [-0.2, -0.15) is 0 Å². The number of ketones is 2. The summed E-state index contributed by atoms with van der Waals surface area (Å²) in [5.74, 6) is 0.550. The molecule has 0 radical (unpaired) electrons. The van der Waals surface area contributed by atoms with Crippen LogP contribution in [0.2, 0.25) is 0 Å². The second kappa shape index (κ2) is 13.3. The summed E-state index contributed by atoms with van der Waals surface area (Å²) in [6.07, 6.45) is 20.7. The Bertz CT molecular complexity index is 624. The van der Waals surface area contributed by atoms with Crippen LogP contribution in [-0.2, 0) is 14.4 Å².